The molecule has 1 aromatic carbocycles. The van der Waals surface area contributed by atoms with Crippen LogP contribution in [0.2, 0.25) is 0 Å². The van der Waals surface area contributed by atoms with Crippen molar-refractivity contribution in [1.82, 2.24) is 0 Å². The number of benzene rings is 1. The maximum absolute atomic E-state index is 6.23. The summed E-state index contributed by atoms with van der Waals surface area (Å²) >= 11 is 0. The van der Waals surface area contributed by atoms with Crippen molar-refractivity contribution in [2.45, 2.75) is 32.9 Å². The third kappa shape index (κ3) is 2.80. The fraction of sp³-hybridized carbons (Fsp3) is 0.538. The lowest BCUT2D eigenvalue weighted by Crippen LogP contribution is -2.32. The maximum Gasteiger partial charge on any atom is 0.0786 e. The van der Waals surface area contributed by atoms with E-state index in [0.29, 0.717) is 5.92 Å². The summed E-state index contributed by atoms with van der Waals surface area (Å²) in [6, 6.07) is 8.17. The second kappa shape index (κ2) is 5.29. The second-order valence-corrected chi connectivity index (χ2v) is 4.33. The van der Waals surface area contributed by atoms with Crippen molar-refractivity contribution in [3.63, 3.8) is 0 Å². The van der Waals surface area contributed by atoms with Gasteiger partial charge in [-0.15, -0.1) is 0 Å². The second-order valence-electron chi connectivity index (χ2n) is 4.33. The van der Waals surface area contributed by atoms with Gasteiger partial charge in [0.25, 0.3) is 0 Å². The lowest BCUT2D eigenvalue weighted by molar-refractivity contribution is 0.0436. The topological polar surface area (TPSA) is 35.2 Å². The highest BCUT2D eigenvalue weighted by atomic mass is 16.5. The molecule has 0 fully saturated rings. The van der Waals surface area contributed by atoms with Crippen LogP contribution in [0.15, 0.2) is 24.3 Å². The number of ether oxygens (including phenoxy) is 1. The van der Waals surface area contributed by atoms with Crippen molar-refractivity contribution < 1.29 is 4.74 Å². The first kappa shape index (κ1) is 12.2. The van der Waals surface area contributed by atoms with Gasteiger partial charge in [0.15, 0.2) is 0 Å². The SMILES string of the molecule is COC(C(C)C)C(N)c1ccccc1C. The van der Waals surface area contributed by atoms with Crippen molar-refractivity contribution in [3.05, 3.63) is 35.4 Å². The summed E-state index contributed by atoms with van der Waals surface area (Å²) in [7, 11) is 1.72. The zero-order valence-electron chi connectivity index (χ0n) is 10.0. The summed E-state index contributed by atoms with van der Waals surface area (Å²) in [6.45, 7) is 6.35. The summed E-state index contributed by atoms with van der Waals surface area (Å²) in [4.78, 5) is 0. The molecule has 0 aliphatic rings. The van der Waals surface area contributed by atoms with Gasteiger partial charge in [-0.2, -0.15) is 0 Å². The Kier molecular flexibility index (Phi) is 4.30. The van der Waals surface area contributed by atoms with E-state index in [-0.39, 0.29) is 12.1 Å². The van der Waals surface area contributed by atoms with Crippen LogP contribution in [0.3, 0.4) is 0 Å². The fourth-order valence-electron chi connectivity index (χ4n) is 1.97. The van der Waals surface area contributed by atoms with Crippen LogP contribution in [-0.2, 0) is 4.74 Å². The molecule has 2 nitrogen and oxygen atoms in total. The van der Waals surface area contributed by atoms with Gasteiger partial charge < -0.3 is 10.5 Å². The van der Waals surface area contributed by atoms with Gasteiger partial charge in [0.05, 0.1) is 12.1 Å². The molecule has 0 aromatic heterocycles. The van der Waals surface area contributed by atoms with Crippen LogP contribution in [0.5, 0.6) is 0 Å². The van der Waals surface area contributed by atoms with E-state index in [1.807, 2.05) is 12.1 Å². The number of methoxy groups -OCH3 is 1. The Morgan fingerprint density at radius 1 is 1.20 bits per heavy atom. The van der Waals surface area contributed by atoms with Crippen molar-refractivity contribution in [2.24, 2.45) is 11.7 Å². The first-order chi connectivity index (χ1) is 7.07. The van der Waals surface area contributed by atoms with Crippen LogP contribution in [0, 0.1) is 12.8 Å². The molecule has 84 valence electrons. The molecule has 0 aliphatic carbocycles. The molecule has 0 radical (unpaired) electrons. The zero-order chi connectivity index (χ0) is 11.4. The number of hydrogen-bond acceptors (Lipinski definition) is 2. The zero-order valence-corrected chi connectivity index (χ0v) is 10.0. The van der Waals surface area contributed by atoms with E-state index in [9.17, 15) is 0 Å². The predicted octanol–water partition coefficient (Wildman–Crippen LogP) is 2.67. The molecule has 0 saturated heterocycles. The van der Waals surface area contributed by atoms with Crippen molar-refractivity contribution >= 4 is 0 Å². The first-order valence-corrected chi connectivity index (χ1v) is 5.41. The Morgan fingerprint density at radius 3 is 2.27 bits per heavy atom. The molecule has 1 aromatic rings. The smallest absolute Gasteiger partial charge is 0.0786 e. The van der Waals surface area contributed by atoms with E-state index in [0.717, 1.165) is 0 Å². The molecule has 1 rings (SSSR count). The predicted molar refractivity (Wildman–Crippen MR) is 63.7 cm³/mol. The third-order valence-corrected chi connectivity index (χ3v) is 2.83. The lowest BCUT2D eigenvalue weighted by Gasteiger charge is -2.27. The quantitative estimate of drug-likeness (QED) is 0.823. The summed E-state index contributed by atoms with van der Waals surface area (Å²) in [5.74, 6) is 0.421. The Hall–Kier alpha value is -0.860. The molecule has 0 heterocycles. The number of aryl methyl sites for hydroxylation is 1. The Morgan fingerprint density at radius 2 is 1.80 bits per heavy atom. The maximum atomic E-state index is 6.23. The van der Waals surface area contributed by atoms with Gasteiger partial charge in [0.1, 0.15) is 0 Å². The van der Waals surface area contributed by atoms with E-state index < -0.39 is 0 Å². The summed E-state index contributed by atoms with van der Waals surface area (Å²) in [6.07, 6.45) is 0.0751. The van der Waals surface area contributed by atoms with Gasteiger partial charge in [0, 0.05) is 7.11 Å². The lowest BCUT2D eigenvalue weighted by atomic mass is 9.92. The van der Waals surface area contributed by atoms with Crippen molar-refractivity contribution in [1.29, 1.82) is 0 Å². The highest BCUT2D eigenvalue weighted by Crippen LogP contribution is 2.24. The van der Waals surface area contributed by atoms with Crippen molar-refractivity contribution in [3.8, 4) is 0 Å². The van der Waals surface area contributed by atoms with Gasteiger partial charge >= 0.3 is 0 Å². The van der Waals surface area contributed by atoms with Gasteiger partial charge in [-0.05, 0) is 24.0 Å². The normalized spacial score (nSPS) is 15.3. The van der Waals surface area contributed by atoms with Crippen molar-refractivity contribution in [2.75, 3.05) is 7.11 Å². The average molecular weight is 207 g/mol. The number of nitrogens with two attached hydrogens (primary N) is 1. The molecule has 2 unspecified atom stereocenters. The van der Waals surface area contributed by atoms with Gasteiger partial charge in [-0.1, -0.05) is 38.1 Å². The minimum atomic E-state index is -0.0452. The highest BCUT2D eigenvalue weighted by Gasteiger charge is 2.23. The first-order valence-electron chi connectivity index (χ1n) is 5.41. The van der Waals surface area contributed by atoms with E-state index in [1.54, 1.807) is 7.11 Å². The van der Waals surface area contributed by atoms with Crippen LogP contribution in [0.1, 0.15) is 31.0 Å². The van der Waals surface area contributed by atoms with Gasteiger partial charge in [0.2, 0.25) is 0 Å². The summed E-state index contributed by atoms with van der Waals surface area (Å²) in [5, 5.41) is 0. The van der Waals surface area contributed by atoms with Crippen LogP contribution < -0.4 is 5.73 Å². The minimum absolute atomic E-state index is 0.0452. The molecule has 2 N–H and O–H groups in total. The molecule has 0 bridgehead atoms. The van der Waals surface area contributed by atoms with E-state index >= 15 is 0 Å². The van der Waals surface area contributed by atoms with Gasteiger partial charge in [-0.25, -0.2) is 0 Å². The summed E-state index contributed by atoms with van der Waals surface area (Å²) < 4.78 is 5.46. The molecule has 2 heteroatoms. The number of hydrogen-bond donors (Lipinski definition) is 1. The molecular formula is C13H21NO. The summed E-state index contributed by atoms with van der Waals surface area (Å²) in [5.41, 5.74) is 8.63. The molecule has 0 aliphatic heterocycles. The standard InChI is InChI=1S/C13H21NO/c1-9(2)13(15-4)12(14)11-8-6-5-7-10(11)3/h5-9,12-13H,14H2,1-4H3. The molecule has 0 saturated carbocycles. The highest BCUT2D eigenvalue weighted by molar-refractivity contribution is 5.29. The molecule has 0 spiro atoms. The molecule has 2 atom stereocenters. The Balaban J connectivity index is 2.92. The largest absolute Gasteiger partial charge is 0.379 e. The van der Waals surface area contributed by atoms with Gasteiger partial charge in [-0.3, -0.25) is 0 Å². The van der Waals surface area contributed by atoms with E-state index in [1.165, 1.54) is 11.1 Å². The van der Waals surface area contributed by atoms with Crippen LogP contribution in [-0.4, -0.2) is 13.2 Å². The Labute approximate surface area is 92.4 Å². The van der Waals surface area contributed by atoms with Crippen LogP contribution in [0.4, 0.5) is 0 Å². The molecule has 15 heavy (non-hydrogen) atoms. The Bertz CT molecular complexity index is 309. The minimum Gasteiger partial charge on any atom is -0.379 e. The van der Waals surface area contributed by atoms with Crippen LogP contribution in [0.25, 0.3) is 0 Å². The van der Waals surface area contributed by atoms with E-state index in [4.69, 9.17) is 10.5 Å². The fourth-order valence-corrected chi connectivity index (χ4v) is 1.97. The number of rotatable bonds is 4. The van der Waals surface area contributed by atoms with E-state index in [2.05, 4.69) is 32.9 Å². The monoisotopic (exact) mass is 207 g/mol. The van der Waals surface area contributed by atoms with Crippen LogP contribution >= 0.6 is 0 Å². The third-order valence-electron chi connectivity index (χ3n) is 2.83. The molecular weight excluding hydrogens is 186 g/mol. The molecule has 0 amide bonds. The average Bonchev–Trinajstić information content (AvgIpc) is 2.18.